The van der Waals surface area contributed by atoms with E-state index in [4.69, 9.17) is 4.74 Å². The first-order valence-electron chi connectivity index (χ1n) is 14.0. The maximum absolute atomic E-state index is 11.9. The molecule has 0 aromatic heterocycles. The molecule has 0 bridgehead atoms. The Morgan fingerprint density at radius 1 is 1.06 bits per heavy atom. The van der Waals surface area contributed by atoms with Crippen LogP contribution in [-0.4, -0.2) is 46.4 Å². The summed E-state index contributed by atoms with van der Waals surface area (Å²) in [7, 11) is -1.65. The molecule has 3 rings (SSSR count). The van der Waals surface area contributed by atoms with Crippen molar-refractivity contribution < 1.29 is 18.3 Å². The van der Waals surface area contributed by atoms with Gasteiger partial charge in [0.05, 0.1) is 7.11 Å². The van der Waals surface area contributed by atoms with Gasteiger partial charge in [0.2, 0.25) is 10.0 Å². The fourth-order valence-corrected chi connectivity index (χ4v) is 5.94. The molecule has 0 heterocycles. The Kier molecular flexibility index (Phi) is 15.6. The van der Waals surface area contributed by atoms with Gasteiger partial charge in [0.25, 0.3) is 0 Å². The Hall–Kier alpha value is -1.41. The second kappa shape index (κ2) is 17.2. The lowest BCUT2D eigenvalue weighted by atomic mass is 9.76. The lowest BCUT2D eigenvalue weighted by Crippen LogP contribution is -2.41. The number of hydrogen-bond acceptors (Lipinski definition) is 5. The Balaban J connectivity index is 0.00000154. The van der Waals surface area contributed by atoms with E-state index in [1.165, 1.54) is 18.1 Å². The number of benzene rings is 1. The molecule has 6 nitrogen and oxygen atoms in total. The van der Waals surface area contributed by atoms with Crippen molar-refractivity contribution in [3.63, 3.8) is 0 Å². The number of methoxy groups -OCH3 is 1. The second-order valence-electron chi connectivity index (χ2n) is 9.53. The van der Waals surface area contributed by atoms with E-state index < -0.39 is 10.0 Å². The monoisotopic (exact) mass is 524 g/mol. The minimum Gasteiger partial charge on any atom is -0.497 e. The number of sulfonamides is 1. The number of allylic oxidation sites excluding steroid dienone is 1. The quantitative estimate of drug-likeness (QED) is 0.342. The highest BCUT2D eigenvalue weighted by Crippen LogP contribution is 2.37. The zero-order chi connectivity index (χ0) is 27.1. The van der Waals surface area contributed by atoms with Gasteiger partial charge >= 0.3 is 0 Å². The molecule has 1 fully saturated rings. The number of fused-ring (bicyclic) bond motifs is 1. The first-order chi connectivity index (χ1) is 17.3. The van der Waals surface area contributed by atoms with E-state index in [0.717, 1.165) is 63.7 Å². The van der Waals surface area contributed by atoms with Crippen molar-refractivity contribution in [3.05, 3.63) is 40.8 Å². The molecule has 0 spiro atoms. The summed E-state index contributed by atoms with van der Waals surface area (Å²) >= 11 is 0. The van der Waals surface area contributed by atoms with Gasteiger partial charge in [-0.2, -0.15) is 0 Å². The Labute approximate surface area is 221 Å². The zero-order valence-corrected chi connectivity index (χ0v) is 24.4. The lowest BCUT2D eigenvalue weighted by molar-refractivity contribution is 0.242. The largest absolute Gasteiger partial charge is 0.497 e. The van der Waals surface area contributed by atoms with Gasteiger partial charge in [0.1, 0.15) is 5.75 Å². The van der Waals surface area contributed by atoms with Crippen LogP contribution < -0.4 is 14.8 Å². The number of aliphatic hydroxyl groups excluding tert-OH is 1. The van der Waals surface area contributed by atoms with E-state index in [2.05, 4.69) is 34.8 Å². The third-order valence-corrected chi connectivity index (χ3v) is 8.75. The highest BCUT2D eigenvalue weighted by molar-refractivity contribution is 7.93. The first-order valence-corrected chi connectivity index (χ1v) is 15.5. The van der Waals surface area contributed by atoms with Crippen LogP contribution in [-0.2, 0) is 16.4 Å². The van der Waals surface area contributed by atoms with Gasteiger partial charge in [-0.05, 0) is 106 Å². The number of hydrogen-bond donors (Lipinski definition) is 3. The maximum atomic E-state index is 11.9. The van der Waals surface area contributed by atoms with Crippen molar-refractivity contribution in [1.29, 1.82) is 0 Å². The summed E-state index contributed by atoms with van der Waals surface area (Å²) in [4.78, 5) is 0.179. The lowest BCUT2D eigenvalue weighted by Gasteiger charge is -2.36. The highest BCUT2D eigenvalue weighted by atomic mass is 32.2. The van der Waals surface area contributed by atoms with Gasteiger partial charge in [0, 0.05) is 24.1 Å². The molecule has 208 valence electrons. The van der Waals surface area contributed by atoms with Crippen molar-refractivity contribution >= 4 is 10.0 Å². The number of aryl methyl sites for hydroxylation is 1. The standard InChI is InChI=1S/C25H40N2O4S.2C2H6/c1-18(2)32(29,30)27-17-20-8-6-19(7-9-20)16-26-25-13-10-21-15-22(31-3)11-12-23(21)24(25)5-4-14-28;2*1-2/h11-12,15,19-20,24-28H,1,4-10,13-14,16-17H2,2-3H3;2*1-2H3. The van der Waals surface area contributed by atoms with Gasteiger partial charge in [-0.1, -0.05) is 40.3 Å². The van der Waals surface area contributed by atoms with E-state index in [1.54, 1.807) is 7.11 Å². The van der Waals surface area contributed by atoms with Gasteiger partial charge in [-0.25, -0.2) is 13.1 Å². The number of ether oxygens (including phenoxy) is 1. The van der Waals surface area contributed by atoms with E-state index in [0.29, 0.717) is 30.3 Å². The minimum atomic E-state index is -3.36. The summed E-state index contributed by atoms with van der Waals surface area (Å²) in [6.07, 6.45) is 8.35. The van der Waals surface area contributed by atoms with Crippen molar-refractivity contribution in [2.45, 2.75) is 97.9 Å². The van der Waals surface area contributed by atoms with Crippen LogP contribution in [0.5, 0.6) is 5.75 Å². The normalized spacial score (nSPS) is 23.3. The third-order valence-electron chi connectivity index (χ3n) is 7.29. The molecule has 2 unspecified atom stereocenters. The Morgan fingerprint density at radius 2 is 1.67 bits per heavy atom. The molecule has 3 N–H and O–H groups in total. The topological polar surface area (TPSA) is 87.7 Å². The minimum absolute atomic E-state index is 0.179. The molecule has 0 aliphatic heterocycles. The molecule has 1 aromatic rings. The molecular formula is C29H52N2O4S. The fourth-order valence-electron chi connectivity index (χ4n) is 5.24. The van der Waals surface area contributed by atoms with Crippen LogP contribution >= 0.6 is 0 Å². The Morgan fingerprint density at radius 3 is 2.22 bits per heavy atom. The van der Waals surface area contributed by atoms with Gasteiger partial charge in [-0.15, -0.1) is 0 Å². The highest BCUT2D eigenvalue weighted by Gasteiger charge is 2.30. The van der Waals surface area contributed by atoms with Crippen LogP contribution in [0.15, 0.2) is 29.7 Å². The number of nitrogens with one attached hydrogen (secondary N) is 2. The van der Waals surface area contributed by atoms with Gasteiger partial charge in [0.15, 0.2) is 0 Å². The molecule has 0 amide bonds. The molecule has 1 saturated carbocycles. The third kappa shape index (κ3) is 9.81. The van der Waals surface area contributed by atoms with Crippen LogP contribution in [0.3, 0.4) is 0 Å². The fraction of sp³-hybridized carbons (Fsp3) is 0.724. The number of rotatable bonds is 11. The van der Waals surface area contributed by atoms with Crippen LogP contribution in [0.25, 0.3) is 0 Å². The van der Waals surface area contributed by atoms with Crippen LogP contribution in [0.4, 0.5) is 0 Å². The molecule has 2 aliphatic rings. The average Bonchev–Trinajstić information content (AvgIpc) is 2.92. The van der Waals surface area contributed by atoms with Gasteiger partial charge in [-0.3, -0.25) is 0 Å². The summed E-state index contributed by atoms with van der Waals surface area (Å²) in [5.74, 6) is 2.39. The molecule has 2 atom stereocenters. The van der Waals surface area contributed by atoms with Crippen LogP contribution in [0.2, 0.25) is 0 Å². The first kappa shape index (κ1) is 32.6. The van der Waals surface area contributed by atoms with Crippen molar-refractivity contribution in [2.24, 2.45) is 11.8 Å². The molecule has 0 saturated heterocycles. The number of aliphatic hydroxyl groups is 1. The summed E-state index contributed by atoms with van der Waals surface area (Å²) in [6.45, 7) is 14.8. The molecular weight excluding hydrogens is 472 g/mol. The van der Waals surface area contributed by atoms with Crippen molar-refractivity contribution in [2.75, 3.05) is 26.8 Å². The van der Waals surface area contributed by atoms with Crippen LogP contribution in [0.1, 0.15) is 96.6 Å². The molecule has 2 aliphatic carbocycles. The van der Waals surface area contributed by atoms with Crippen LogP contribution in [0, 0.1) is 11.8 Å². The zero-order valence-electron chi connectivity index (χ0n) is 23.6. The van der Waals surface area contributed by atoms with E-state index in [1.807, 2.05) is 27.7 Å². The summed E-state index contributed by atoms with van der Waals surface area (Å²) in [5.41, 5.74) is 2.78. The second-order valence-corrected chi connectivity index (χ2v) is 11.5. The van der Waals surface area contributed by atoms with Gasteiger partial charge < -0.3 is 15.2 Å². The molecule has 7 heteroatoms. The predicted octanol–water partition coefficient (Wildman–Crippen LogP) is 5.77. The van der Waals surface area contributed by atoms with Crippen molar-refractivity contribution in [3.8, 4) is 5.75 Å². The summed E-state index contributed by atoms with van der Waals surface area (Å²) in [6, 6.07) is 6.86. The summed E-state index contributed by atoms with van der Waals surface area (Å²) < 4.78 is 31.9. The van der Waals surface area contributed by atoms with Crippen molar-refractivity contribution in [1.82, 2.24) is 10.0 Å². The average molecular weight is 525 g/mol. The van der Waals surface area contributed by atoms with E-state index in [9.17, 15) is 13.5 Å². The predicted molar refractivity (Wildman–Crippen MR) is 152 cm³/mol. The summed E-state index contributed by atoms with van der Waals surface area (Å²) in [5, 5.41) is 13.3. The molecule has 36 heavy (non-hydrogen) atoms. The Bertz CT molecular complexity index is 864. The molecule has 1 aromatic carbocycles. The smallest absolute Gasteiger partial charge is 0.235 e. The SMILES string of the molecule is C=C(C)S(=O)(=O)NCC1CCC(CNC2CCc3cc(OC)ccc3C2CCCO)CC1.CC.CC. The maximum Gasteiger partial charge on any atom is 0.235 e. The molecule has 0 radical (unpaired) electrons. The van der Waals surface area contributed by atoms with E-state index >= 15 is 0 Å². The van der Waals surface area contributed by atoms with E-state index in [-0.39, 0.29) is 11.5 Å².